The molecule has 1 aromatic carbocycles. The summed E-state index contributed by atoms with van der Waals surface area (Å²) in [5.74, 6) is 0.111. The minimum absolute atomic E-state index is 0.125. The van der Waals surface area contributed by atoms with E-state index in [1.165, 1.54) is 12.3 Å². The van der Waals surface area contributed by atoms with Crippen molar-refractivity contribution in [3.05, 3.63) is 46.6 Å². The van der Waals surface area contributed by atoms with Crippen LogP contribution in [0.5, 0.6) is 11.6 Å². The number of aromatic nitrogens is 1. The number of nitrogens with one attached hydrogen (secondary N) is 3. The summed E-state index contributed by atoms with van der Waals surface area (Å²) in [6.45, 7) is 5.33. The molecule has 3 amide bonds. The molecule has 0 spiro atoms. The van der Waals surface area contributed by atoms with Crippen LogP contribution in [0.4, 0.5) is 10.5 Å². The van der Waals surface area contributed by atoms with Gasteiger partial charge < -0.3 is 15.4 Å². The highest BCUT2D eigenvalue weighted by Crippen LogP contribution is 2.33. The number of imide groups is 1. The lowest BCUT2D eigenvalue weighted by Crippen LogP contribution is -2.49. The normalized spacial score (nSPS) is 10.9. The van der Waals surface area contributed by atoms with Crippen molar-refractivity contribution in [2.24, 2.45) is 0 Å². The van der Waals surface area contributed by atoms with E-state index < -0.39 is 17.5 Å². The third-order valence-electron chi connectivity index (χ3n) is 3.05. The van der Waals surface area contributed by atoms with Crippen molar-refractivity contribution >= 4 is 40.8 Å². The van der Waals surface area contributed by atoms with Gasteiger partial charge in [0.1, 0.15) is 5.02 Å². The maximum absolute atomic E-state index is 12.0. The molecular weight excluding hydrogens is 391 g/mol. The van der Waals surface area contributed by atoms with E-state index in [1.54, 1.807) is 24.3 Å². The van der Waals surface area contributed by atoms with Gasteiger partial charge in [0.2, 0.25) is 11.8 Å². The van der Waals surface area contributed by atoms with Gasteiger partial charge in [-0.05, 0) is 39.0 Å². The van der Waals surface area contributed by atoms with E-state index in [2.05, 4.69) is 20.9 Å². The van der Waals surface area contributed by atoms with Crippen LogP contribution in [-0.2, 0) is 4.79 Å². The summed E-state index contributed by atoms with van der Waals surface area (Å²) in [5.41, 5.74) is 0.0972. The Bertz CT molecular complexity index is 838. The molecule has 0 bridgehead atoms. The number of pyridine rings is 1. The standard InChI is InChI=1S/C18H20Cl2N4O3/c1-18(2,3)24-17(26)23-15(25)10-21-13-6-4-5-7-14(13)27-16-12(20)8-11(19)9-22-16/h4-9,21H,10H2,1-3H3,(H2,23,24,25,26). The van der Waals surface area contributed by atoms with Crippen LogP contribution in [0.3, 0.4) is 0 Å². The van der Waals surface area contributed by atoms with Gasteiger partial charge in [-0.2, -0.15) is 0 Å². The first kappa shape index (κ1) is 20.8. The second kappa shape index (κ2) is 8.92. The number of benzene rings is 1. The molecule has 0 saturated heterocycles. The number of carbonyl (C=O) groups excluding carboxylic acids is 2. The molecule has 0 atom stereocenters. The molecule has 1 aromatic heterocycles. The number of hydrogen-bond donors (Lipinski definition) is 3. The van der Waals surface area contributed by atoms with Crippen LogP contribution in [0.1, 0.15) is 20.8 Å². The van der Waals surface area contributed by atoms with Gasteiger partial charge in [-0.15, -0.1) is 0 Å². The molecule has 0 aliphatic carbocycles. The van der Waals surface area contributed by atoms with Crippen LogP contribution in [-0.4, -0.2) is 29.0 Å². The van der Waals surface area contributed by atoms with Crippen molar-refractivity contribution in [1.29, 1.82) is 0 Å². The first-order valence-electron chi connectivity index (χ1n) is 8.08. The fourth-order valence-electron chi connectivity index (χ4n) is 2.00. The van der Waals surface area contributed by atoms with E-state index in [4.69, 9.17) is 27.9 Å². The molecule has 0 aliphatic heterocycles. The molecule has 9 heteroatoms. The molecule has 0 fully saturated rings. The zero-order valence-electron chi connectivity index (χ0n) is 15.1. The van der Waals surface area contributed by atoms with Crippen molar-refractivity contribution in [3.63, 3.8) is 0 Å². The third kappa shape index (κ3) is 6.96. The highest BCUT2D eigenvalue weighted by Gasteiger charge is 2.16. The number of hydrogen-bond acceptors (Lipinski definition) is 5. The minimum Gasteiger partial charge on any atom is -0.435 e. The molecule has 2 aromatic rings. The monoisotopic (exact) mass is 410 g/mol. The number of halogens is 2. The Hall–Kier alpha value is -2.51. The second-order valence-corrected chi connectivity index (χ2v) is 7.49. The summed E-state index contributed by atoms with van der Waals surface area (Å²) in [7, 11) is 0. The van der Waals surface area contributed by atoms with Gasteiger partial charge in [-0.1, -0.05) is 35.3 Å². The summed E-state index contributed by atoms with van der Waals surface area (Å²) in [5, 5.41) is 8.47. The zero-order chi connectivity index (χ0) is 20.0. The number of anilines is 1. The van der Waals surface area contributed by atoms with Crippen molar-refractivity contribution in [1.82, 2.24) is 15.6 Å². The number of ether oxygens (including phenoxy) is 1. The molecule has 1 heterocycles. The van der Waals surface area contributed by atoms with Crippen LogP contribution in [0, 0.1) is 0 Å². The number of carbonyl (C=O) groups is 2. The molecule has 0 unspecified atom stereocenters. The number of rotatable bonds is 5. The predicted octanol–water partition coefficient (Wildman–Crippen LogP) is 4.22. The van der Waals surface area contributed by atoms with E-state index in [1.807, 2.05) is 20.8 Å². The summed E-state index contributed by atoms with van der Waals surface area (Å²) in [6, 6.07) is 7.91. The molecule has 3 N–H and O–H groups in total. The Morgan fingerprint density at radius 2 is 1.89 bits per heavy atom. The Morgan fingerprint density at radius 3 is 2.56 bits per heavy atom. The smallest absolute Gasteiger partial charge is 0.321 e. The van der Waals surface area contributed by atoms with Gasteiger partial charge >= 0.3 is 6.03 Å². The van der Waals surface area contributed by atoms with E-state index in [0.717, 1.165) is 0 Å². The Labute approximate surface area is 167 Å². The molecule has 0 radical (unpaired) electrons. The van der Waals surface area contributed by atoms with Crippen molar-refractivity contribution in [2.45, 2.75) is 26.3 Å². The lowest BCUT2D eigenvalue weighted by molar-refractivity contribution is -0.118. The molecule has 0 aliphatic rings. The Kier molecular flexibility index (Phi) is 6.87. The number of para-hydroxylation sites is 2. The SMILES string of the molecule is CC(C)(C)NC(=O)NC(=O)CNc1ccccc1Oc1ncc(Cl)cc1Cl. The van der Waals surface area contributed by atoms with E-state index in [-0.39, 0.29) is 17.4 Å². The molecular formula is C18H20Cl2N4O3. The number of urea groups is 1. The van der Waals surface area contributed by atoms with Gasteiger partial charge in [-0.3, -0.25) is 10.1 Å². The predicted molar refractivity (Wildman–Crippen MR) is 106 cm³/mol. The third-order valence-corrected chi connectivity index (χ3v) is 3.53. The van der Waals surface area contributed by atoms with Gasteiger partial charge in [0.25, 0.3) is 0 Å². The van der Waals surface area contributed by atoms with Crippen molar-refractivity contribution in [2.75, 3.05) is 11.9 Å². The van der Waals surface area contributed by atoms with Gasteiger partial charge in [0, 0.05) is 11.7 Å². The lowest BCUT2D eigenvalue weighted by atomic mass is 10.1. The fourth-order valence-corrected chi connectivity index (χ4v) is 2.42. The van der Waals surface area contributed by atoms with E-state index in [9.17, 15) is 9.59 Å². The minimum atomic E-state index is -0.559. The first-order chi connectivity index (χ1) is 12.6. The maximum Gasteiger partial charge on any atom is 0.321 e. The summed E-state index contributed by atoms with van der Waals surface area (Å²) < 4.78 is 5.70. The van der Waals surface area contributed by atoms with Crippen molar-refractivity contribution in [3.8, 4) is 11.6 Å². The van der Waals surface area contributed by atoms with Crippen LogP contribution in [0.25, 0.3) is 0 Å². The van der Waals surface area contributed by atoms with Crippen LogP contribution >= 0.6 is 23.2 Å². The van der Waals surface area contributed by atoms with Gasteiger partial charge in [-0.25, -0.2) is 9.78 Å². The Morgan fingerprint density at radius 1 is 1.19 bits per heavy atom. The second-order valence-electron chi connectivity index (χ2n) is 6.64. The van der Waals surface area contributed by atoms with Crippen LogP contribution in [0.2, 0.25) is 10.0 Å². The van der Waals surface area contributed by atoms with Crippen molar-refractivity contribution < 1.29 is 14.3 Å². The summed E-state index contributed by atoms with van der Waals surface area (Å²) in [4.78, 5) is 27.7. The maximum atomic E-state index is 12.0. The molecule has 7 nitrogen and oxygen atoms in total. The fraction of sp³-hybridized carbons (Fsp3) is 0.278. The topological polar surface area (TPSA) is 92.4 Å². The molecule has 27 heavy (non-hydrogen) atoms. The summed E-state index contributed by atoms with van der Waals surface area (Å²) >= 11 is 11.9. The van der Waals surface area contributed by atoms with Gasteiger partial charge in [0.05, 0.1) is 17.3 Å². The van der Waals surface area contributed by atoms with Gasteiger partial charge in [0.15, 0.2) is 5.75 Å². The lowest BCUT2D eigenvalue weighted by Gasteiger charge is -2.20. The average Bonchev–Trinajstić information content (AvgIpc) is 2.54. The van der Waals surface area contributed by atoms with E-state index in [0.29, 0.717) is 16.5 Å². The number of amides is 3. The van der Waals surface area contributed by atoms with Crippen LogP contribution < -0.4 is 20.7 Å². The highest BCUT2D eigenvalue weighted by molar-refractivity contribution is 6.35. The molecule has 0 saturated carbocycles. The quantitative estimate of drug-likeness (QED) is 0.685. The highest BCUT2D eigenvalue weighted by atomic mass is 35.5. The average molecular weight is 411 g/mol. The van der Waals surface area contributed by atoms with Crippen LogP contribution in [0.15, 0.2) is 36.5 Å². The summed E-state index contributed by atoms with van der Waals surface area (Å²) in [6.07, 6.45) is 1.42. The number of nitrogens with zero attached hydrogens (tertiary/aromatic N) is 1. The zero-order valence-corrected chi connectivity index (χ0v) is 16.6. The first-order valence-corrected chi connectivity index (χ1v) is 8.83. The van der Waals surface area contributed by atoms with E-state index >= 15 is 0 Å². The Balaban J connectivity index is 1.99. The molecule has 144 valence electrons. The molecule has 2 rings (SSSR count). The largest absolute Gasteiger partial charge is 0.435 e.